The van der Waals surface area contributed by atoms with Crippen LogP contribution in [-0.4, -0.2) is 38.4 Å². The highest BCUT2D eigenvalue weighted by molar-refractivity contribution is 5.75. The van der Waals surface area contributed by atoms with Gasteiger partial charge in [-0.25, -0.2) is 0 Å². The molecule has 0 saturated heterocycles. The summed E-state index contributed by atoms with van der Waals surface area (Å²) in [5, 5.41) is 2.83. The molecule has 4 heteroatoms. The molecule has 0 heterocycles. The third-order valence-electron chi connectivity index (χ3n) is 1.52. The number of carbonyl (C=O) groups excluding carboxylic acids is 1. The average Bonchev–Trinajstić information content (AvgIpc) is 2.03. The lowest BCUT2D eigenvalue weighted by molar-refractivity contribution is -0.146. The molecule has 1 N–H and O–H groups in total. The second kappa shape index (κ2) is 5.19. The molecule has 0 aromatic rings. The molecule has 0 unspecified atom stereocenters. The van der Waals surface area contributed by atoms with Crippen molar-refractivity contribution in [2.45, 2.75) is 32.4 Å². The second-order valence-electron chi connectivity index (χ2n) is 3.79. The molecule has 0 saturated carbocycles. The minimum absolute atomic E-state index is 0.233. The van der Waals surface area contributed by atoms with Gasteiger partial charge in [0, 0.05) is 0 Å². The Morgan fingerprint density at radius 1 is 1.46 bits per heavy atom. The van der Waals surface area contributed by atoms with Gasteiger partial charge in [-0.3, -0.25) is 4.79 Å². The van der Waals surface area contributed by atoms with Gasteiger partial charge in [-0.2, -0.15) is 0 Å². The Balaban J connectivity index is 3.93. The Labute approximate surface area is 79.6 Å². The monoisotopic (exact) mass is 189 g/mol. The van der Waals surface area contributed by atoms with E-state index in [0.717, 1.165) is 0 Å². The van der Waals surface area contributed by atoms with Crippen LogP contribution < -0.4 is 5.32 Å². The van der Waals surface area contributed by atoms with Gasteiger partial charge in [-0.15, -0.1) is 0 Å². The van der Waals surface area contributed by atoms with Gasteiger partial charge in [0.25, 0.3) is 0 Å². The molecule has 0 aromatic heterocycles. The first-order valence-corrected chi connectivity index (χ1v) is 4.29. The molecule has 13 heavy (non-hydrogen) atoms. The van der Waals surface area contributed by atoms with Crippen molar-refractivity contribution in [1.82, 2.24) is 5.32 Å². The Bertz CT molecular complexity index is 163. The van der Waals surface area contributed by atoms with Crippen LogP contribution in [0.4, 0.5) is 0 Å². The maximum atomic E-state index is 11.1. The first-order chi connectivity index (χ1) is 5.90. The van der Waals surface area contributed by atoms with Gasteiger partial charge in [-0.1, -0.05) is 0 Å². The number of carbonyl (C=O) groups is 1. The third kappa shape index (κ3) is 5.60. The summed E-state index contributed by atoms with van der Waals surface area (Å²) in [6.07, 6.45) is 0. The van der Waals surface area contributed by atoms with Crippen molar-refractivity contribution in [2.75, 3.05) is 20.8 Å². The van der Waals surface area contributed by atoms with E-state index in [-0.39, 0.29) is 17.6 Å². The summed E-state index contributed by atoms with van der Waals surface area (Å²) in [5.41, 5.74) is -0.233. The average molecular weight is 189 g/mol. The van der Waals surface area contributed by atoms with Crippen molar-refractivity contribution >= 4 is 5.97 Å². The molecule has 0 rings (SSSR count). The van der Waals surface area contributed by atoms with Crippen LogP contribution in [0.3, 0.4) is 0 Å². The van der Waals surface area contributed by atoms with Crippen molar-refractivity contribution in [3.8, 4) is 0 Å². The molecule has 1 atom stereocenters. The van der Waals surface area contributed by atoms with Gasteiger partial charge in [0.2, 0.25) is 0 Å². The van der Waals surface area contributed by atoms with Gasteiger partial charge >= 0.3 is 5.97 Å². The largest absolute Gasteiger partial charge is 0.468 e. The van der Waals surface area contributed by atoms with Crippen LogP contribution >= 0.6 is 0 Å². The topological polar surface area (TPSA) is 47.6 Å². The smallest absolute Gasteiger partial charge is 0.325 e. The second-order valence-corrected chi connectivity index (χ2v) is 3.79. The number of nitrogens with one attached hydrogen (secondary N) is 1. The van der Waals surface area contributed by atoms with Crippen molar-refractivity contribution in [3.63, 3.8) is 0 Å². The Kier molecular flexibility index (Phi) is 4.95. The summed E-state index contributed by atoms with van der Waals surface area (Å²) >= 11 is 0. The van der Waals surface area contributed by atoms with Crippen molar-refractivity contribution < 1.29 is 14.3 Å². The van der Waals surface area contributed by atoms with Crippen molar-refractivity contribution in [3.05, 3.63) is 0 Å². The first-order valence-electron chi connectivity index (χ1n) is 4.29. The van der Waals surface area contributed by atoms with Gasteiger partial charge in [-0.05, 0) is 27.8 Å². The molecule has 0 bridgehead atoms. The summed E-state index contributed by atoms with van der Waals surface area (Å²) in [7, 11) is 3.07. The van der Waals surface area contributed by atoms with E-state index in [1.165, 1.54) is 7.11 Å². The molecule has 0 amide bonds. The fourth-order valence-corrected chi connectivity index (χ4v) is 0.745. The number of hydrogen-bond acceptors (Lipinski definition) is 4. The number of hydrogen-bond donors (Lipinski definition) is 1. The van der Waals surface area contributed by atoms with Gasteiger partial charge in [0.1, 0.15) is 6.04 Å². The molecule has 0 aliphatic rings. The number of rotatable bonds is 4. The summed E-state index contributed by atoms with van der Waals surface area (Å²) in [6, 6.07) is -0.385. The van der Waals surface area contributed by atoms with Crippen LogP contribution in [0.5, 0.6) is 0 Å². The highest BCUT2D eigenvalue weighted by atomic mass is 16.5. The molecule has 0 radical (unpaired) electrons. The maximum Gasteiger partial charge on any atom is 0.325 e. The zero-order valence-corrected chi connectivity index (χ0v) is 9.01. The van der Waals surface area contributed by atoms with Crippen LogP contribution in [-0.2, 0) is 14.3 Å². The lowest BCUT2D eigenvalue weighted by Crippen LogP contribution is -2.41. The van der Waals surface area contributed by atoms with Crippen LogP contribution in [0, 0.1) is 0 Å². The number of esters is 1. The van der Waals surface area contributed by atoms with Crippen LogP contribution in [0.25, 0.3) is 0 Å². The van der Waals surface area contributed by atoms with E-state index in [0.29, 0.717) is 6.61 Å². The Morgan fingerprint density at radius 2 is 2.00 bits per heavy atom. The molecular weight excluding hydrogens is 170 g/mol. The summed E-state index contributed by atoms with van der Waals surface area (Å²) in [5.74, 6) is -0.299. The minimum Gasteiger partial charge on any atom is -0.468 e. The molecular formula is C9H19NO3. The van der Waals surface area contributed by atoms with E-state index in [4.69, 9.17) is 4.74 Å². The molecule has 0 spiro atoms. The fourth-order valence-electron chi connectivity index (χ4n) is 0.745. The summed E-state index contributed by atoms with van der Waals surface area (Å²) in [4.78, 5) is 11.1. The highest BCUT2D eigenvalue weighted by Crippen LogP contribution is 2.07. The van der Waals surface area contributed by atoms with E-state index in [1.807, 2.05) is 20.8 Å². The lowest BCUT2D eigenvalue weighted by Gasteiger charge is -2.22. The maximum absolute atomic E-state index is 11.1. The van der Waals surface area contributed by atoms with Crippen molar-refractivity contribution in [1.29, 1.82) is 0 Å². The molecule has 0 aliphatic heterocycles. The molecule has 0 fully saturated rings. The standard InChI is InChI=1S/C9H19NO3/c1-9(2,3)13-6-7(10-4)8(11)12-5/h7,10H,6H2,1-5H3/t7-/m0/s1. The Morgan fingerprint density at radius 3 is 2.31 bits per heavy atom. The zero-order chi connectivity index (χ0) is 10.5. The summed E-state index contributed by atoms with van der Waals surface area (Å²) < 4.78 is 10.0. The molecule has 0 aliphatic carbocycles. The first kappa shape index (κ1) is 12.4. The number of ether oxygens (including phenoxy) is 2. The quantitative estimate of drug-likeness (QED) is 0.656. The molecule has 0 aromatic carbocycles. The van der Waals surface area contributed by atoms with Gasteiger partial charge in [0.05, 0.1) is 19.3 Å². The predicted octanol–water partition coefficient (Wildman–Crippen LogP) is 0.562. The fraction of sp³-hybridized carbons (Fsp3) is 0.889. The van der Waals surface area contributed by atoms with Gasteiger partial charge in [0.15, 0.2) is 0 Å². The van der Waals surface area contributed by atoms with Gasteiger partial charge < -0.3 is 14.8 Å². The normalized spacial score (nSPS) is 13.9. The zero-order valence-electron chi connectivity index (χ0n) is 9.01. The lowest BCUT2D eigenvalue weighted by atomic mass is 10.2. The van der Waals surface area contributed by atoms with Crippen molar-refractivity contribution in [2.24, 2.45) is 0 Å². The van der Waals surface area contributed by atoms with Crippen LogP contribution in [0.15, 0.2) is 0 Å². The predicted molar refractivity (Wildman–Crippen MR) is 50.6 cm³/mol. The Hall–Kier alpha value is -0.610. The third-order valence-corrected chi connectivity index (χ3v) is 1.52. The van der Waals surface area contributed by atoms with E-state index in [9.17, 15) is 4.79 Å². The van der Waals surface area contributed by atoms with E-state index < -0.39 is 0 Å². The van der Waals surface area contributed by atoms with Crippen LogP contribution in [0.2, 0.25) is 0 Å². The SMILES string of the molecule is CN[C@@H](COC(C)(C)C)C(=O)OC. The van der Waals surface area contributed by atoms with E-state index in [1.54, 1.807) is 7.05 Å². The number of methoxy groups -OCH3 is 1. The highest BCUT2D eigenvalue weighted by Gasteiger charge is 2.20. The number of likely N-dealkylation sites (N-methyl/N-ethyl adjacent to an activating group) is 1. The molecule has 78 valence electrons. The summed E-state index contributed by atoms with van der Waals surface area (Å²) in [6.45, 7) is 6.15. The molecule has 4 nitrogen and oxygen atoms in total. The minimum atomic E-state index is -0.385. The van der Waals surface area contributed by atoms with E-state index >= 15 is 0 Å². The van der Waals surface area contributed by atoms with Crippen LogP contribution in [0.1, 0.15) is 20.8 Å². The van der Waals surface area contributed by atoms with E-state index in [2.05, 4.69) is 10.1 Å².